The molecule has 0 saturated heterocycles. The summed E-state index contributed by atoms with van der Waals surface area (Å²) in [5.74, 6) is 0.371. The third-order valence-corrected chi connectivity index (χ3v) is 4.94. The number of halogens is 1. The van der Waals surface area contributed by atoms with Crippen molar-refractivity contribution in [1.82, 2.24) is 0 Å². The molecule has 0 aliphatic carbocycles. The highest BCUT2D eigenvalue weighted by Gasteiger charge is 2.06. The van der Waals surface area contributed by atoms with Crippen LogP contribution in [-0.2, 0) is 6.54 Å². The highest BCUT2D eigenvalue weighted by Crippen LogP contribution is 2.30. The second-order valence-corrected chi connectivity index (χ2v) is 6.42. The fourth-order valence-corrected chi connectivity index (χ4v) is 3.61. The number of methoxy groups -OCH3 is 1. The summed E-state index contributed by atoms with van der Waals surface area (Å²) in [6.45, 7) is 0.597. The van der Waals surface area contributed by atoms with Crippen LogP contribution < -0.4 is 10.1 Å². The molecule has 0 saturated carbocycles. The number of hydrogen-bond acceptors (Lipinski definition) is 4. The summed E-state index contributed by atoms with van der Waals surface area (Å²) in [5, 5.41) is 7.32. The summed E-state index contributed by atoms with van der Waals surface area (Å²) in [5.41, 5.74) is 1.68. The SMILES string of the molecule is COc1ccc(F)c(NCc2cc(-c3cccs3)cs2)c1. The Hall–Kier alpha value is -1.85. The molecular weight excluding hydrogens is 305 g/mol. The average molecular weight is 319 g/mol. The largest absolute Gasteiger partial charge is 0.497 e. The minimum Gasteiger partial charge on any atom is -0.497 e. The van der Waals surface area contributed by atoms with Gasteiger partial charge in [0, 0.05) is 27.9 Å². The highest BCUT2D eigenvalue weighted by molar-refractivity contribution is 7.14. The molecule has 2 heterocycles. The van der Waals surface area contributed by atoms with Gasteiger partial charge >= 0.3 is 0 Å². The molecule has 0 aliphatic heterocycles. The van der Waals surface area contributed by atoms with Crippen LogP contribution in [0.1, 0.15) is 4.88 Å². The van der Waals surface area contributed by atoms with E-state index in [2.05, 4.69) is 28.2 Å². The van der Waals surface area contributed by atoms with Gasteiger partial charge in [-0.25, -0.2) is 4.39 Å². The van der Waals surface area contributed by atoms with Gasteiger partial charge in [0.05, 0.1) is 12.8 Å². The van der Waals surface area contributed by atoms with E-state index in [4.69, 9.17) is 4.74 Å². The number of thiophene rings is 2. The van der Waals surface area contributed by atoms with E-state index in [1.165, 1.54) is 21.4 Å². The van der Waals surface area contributed by atoms with Gasteiger partial charge in [-0.15, -0.1) is 22.7 Å². The normalized spacial score (nSPS) is 10.6. The standard InChI is InChI=1S/C16H14FNOS2/c1-19-12-4-5-14(17)15(8-12)18-9-13-7-11(10-21-13)16-3-2-6-20-16/h2-8,10,18H,9H2,1H3. The molecular formula is C16H14FNOS2. The second kappa shape index (κ2) is 6.28. The van der Waals surface area contributed by atoms with E-state index in [0.717, 1.165) is 0 Å². The molecule has 5 heteroatoms. The fraction of sp³-hybridized carbons (Fsp3) is 0.125. The van der Waals surface area contributed by atoms with Gasteiger partial charge in [-0.3, -0.25) is 0 Å². The minimum atomic E-state index is -0.272. The van der Waals surface area contributed by atoms with Crippen LogP contribution in [0.25, 0.3) is 10.4 Å². The van der Waals surface area contributed by atoms with Crippen molar-refractivity contribution in [3.8, 4) is 16.2 Å². The van der Waals surface area contributed by atoms with Crippen LogP contribution in [0.2, 0.25) is 0 Å². The summed E-state index contributed by atoms with van der Waals surface area (Å²) < 4.78 is 18.8. The summed E-state index contributed by atoms with van der Waals surface area (Å²) in [7, 11) is 1.57. The Morgan fingerprint density at radius 1 is 1.19 bits per heavy atom. The third-order valence-electron chi connectivity index (χ3n) is 3.09. The van der Waals surface area contributed by atoms with Crippen LogP contribution in [0.15, 0.2) is 47.2 Å². The van der Waals surface area contributed by atoms with Crippen LogP contribution in [0.5, 0.6) is 5.75 Å². The Bertz CT molecular complexity index is 722. The summed E-state index contributed by atoms with van der Waals surface area (Å²) in [4.78, 5) is 2.42. The molecule has 1 N–H and O–H groups in total. The first-order valence-corrected chi connectivity index (χ1v) is 8.21. The van der Waals surface area contributed by atoms with E-state index in [1.54, 1.807) is 41.9 Å². The lowest BCUT2D eigenvalue weighted by Gasteiger charge is -2.08. The number of rotatable bonds is 5. The van der Waals surface area contributed by atoms with Gasteiger partial charge in [0.2, 0.25) is 0 Å². The van der Waals surface area contributed by atoms with E-state index >= 15 is 0 Å². The molecule has 3 rings (SSSR count). The zero-order chi connectivity index (χ0) is 14.7. The molecule has 2 aromatic heterocycles. The monoisotopic (exact) mass is 319 g/mol. The number of benzene rings is 1. The molecule has 0 fully saturated rings. The summed E-state index contributed by atoms with van der Waals surface area (Å²) in [6.07, 6.45) is 0. The van der Waals surface area contributed by atoms with Gasteiger partial charge in [0.15, 0.2) is 0 Å². The van der Waals surface area contributed by atoms with Crippen molar-refractivity contribution in [3.63, 3.8) is 0 Å². The van der Waals surface area contributed by atoms with Crippen molar-refractivity contribution < 1.29 is 9.13 Å². The molecule has 3 aromatic rings. The number of nitrogens with one attached hydrogen (secondary N) is 1. The molecule has 0 aliphatic rings. The van der Waals surface area contributed by atoms with E-state index in [9.17, 15) is 4.39 Å². The van der Waals surface area contributed by atoms with E-state index in [1.807, 2.05) is 6.07 Å². The molecule has 0 unspecified atom stereocenters. The van der Waals surface area contributed by atoms with Crippen LogP contribution in [0, 0.1) is 5.82 Å². The van der Waals surface area contributed by atoms with Gasteiger partial charge in [-0.2, -0.15) is 0 Å². The van der Waals surface area contributed by atoms with Crippen LogP contribution in [0.3, 0.4) is 0 Å². The molecule has 2 nitrogen and oxygen atoms in total. The number of ether oxygens (including phenoxy) is 1. The van der Waals surface area contributed by atoms with Crippen LogP contribution in [0.4, 0.5) is 10.1 Å². The molecule has 0 spiro atoms. The van der Waals surface area contributed by atoms with Gasteiger partial charge in [0.1, 0.15) is 11.6 Å². The van der Waals surface area contributed by atoms with Gasteiger partial charge in [-0.05, 0) is 35.0 Å². The molecule has 0 amide bonds. The first-order valence-electron chi connectivity index (χ1n) is 6.45. The van der Waals surface area contributed by atoms with Crippen LogP contribution >= 0.6 is 22.7 Å². The van der Waals surface area contributed by atoms with Crippen molar-refractivity contribution >= 4 is 28.4 Å². The zero-order valence-electron chi connectivity index (χ0n) is 11.4. The highest BCUT2D eigenvalue weighted by atomic mass is 32.1. The Morgan fingerprint density at radius 3 is 2.86 bits per heavy atom. The molecule has 1 aromatic carbocycles. The van der Waals surface area contributed by atoms with Gasteiger partial charge in [0.25, 0.3) is 0 Å². The lowest BCUT2D eigenvalue weighted by atomic mass is 10.2. The van der Waals surface area contributed by atoms with E-state index < -0.39 is 0 Å². The molecule has 0 bridgehead atoms. The first kappa shape index (κ1) is 14.1. The molecule has 21 heavy (non-hydrogen) atoms. The smallest absolute Gasteiger partial charge is 0.146 e. The Balaban J connectivity index is 1.71. The maximum atomic E-state index is 13.7. The van der Waals surface area contributed by atoms with E-state index in [-0.39, 0.29) is 5.82 Å². The summed E-state index contributed by atoms with van der Waals surface area (Å²) >= 11 is 3.39. The van der Waals surface area contributed by atoms with Crippen molar-refractivity contribution in [2.45, 2.75) is 6.54 Å². The maximum Gasteiger partial charge on any atom is 0.146 e. The Morgan fingerprint density at radius 2 is 2.10 bits per heavy atom. The van der Waals surface area contributed by atoms with Crippen molar-refractivity contribution in [3.05, 3.63) is 57.9 Å². The minimum absolute atomic E-state index is 0.272. The molecule has 0 radical (unpaired) electrons. The van der Waals surface area contributed by atoms with Crippen LogP contribution in [-0.4, -0.2) is 7.11 Å². The van der Waals surface area contributed by atoms with Crippen molar-refractivity contribution in [2.75, 3.05) is 12.4 Å². The predicted molar refractivity (Wildman–Crippen MR) is 87.9 cm³/mol. The number of anilines is 1. The Kier molecular flexibility index (Phi) is 4.22. The fourth-order valence-electron chi connectivity index (χ4n) is 1.99. The quantitative estimate of drug-likeness (QED) is 0.694. The Labute approximate surface area is 130 Å². The first-order chi connectivity index (χ1) is 10.3. The van der Waals surface area contributed by atoms with Gasteiger partial charge < -0.3 is 10.1 Å². The third kappa shape index (κ3) is 3.25. The zero-order valence-corrected chi connectivity index (χ0v) is 13.1. The lowest BCUT2D eigenvalue weighted by Crippen LogP contribution is -2.00. The van der Waals surface area contributed by atoms with E-state index in [0.29, 0.717) is 18.0 Å². The number of hydrogen-bond donors (Lipinski definition) is 1. The maximum absolute atomic E-state index is 13.7. The summed E-state index contributed by atoms with van der Waals surface area (Å²) in [6, 6.07) is 11.0. The lowest BCUT2D eigenvalue weighted by molar-refractivity contribution is 0.414. The molecule has 108 valence electrons. The van der Waals surface area contributed by atoms with Crippen molar-refractivity contribution in [1.29, 1.82) is 0 Å². The topological polar surface area (TPSA) is 21.3 Å². The van der Waals surface area contributed by atoms with Crippen molar-refractivity contribution in [2.24, 2.45) is 0 Å². The van der Waals surface area contributed by atoms with Gasteiger partial charge in [-0.1, -0.05) is 6.07 Å². The second-order valence-electron chi connectivity index (χ2n) is 4.48. The molecule has 0 atom stereocenters. The average Bonchev–Trinajstić information content (AvgIpc) is 3.17. The predicted octanol–water partition coefficient (Wildman–Crippen LogP) is 5.24.